The zero-order valence-corrected chi connectivity index (χ0v) is 27.6. The fraction of sp³-hybridized carbons (Fsp3) is 0.250. The van der Waals surface area contributed by atoms with E-state index in [9.17, 15) is 9.59 Å². The van der Waals surface area contributed by atoms with E-state index in [1.807, 2.05) is 86.7 Å². The highest BCUT2D eigenvalue weighted by atomic mass is 35.5. The zero-order valence-electron chi connectivity index (χ0n) is 26.1. The molecule has 2 amide bonds. The van der Waals surface area contributed by atoms with Crippen molar-refractivity contribution in [3.63, 3.8) is 0 Å². The zero-order chi connectivity index (χ0) is 32.6. The van der Waals surface area contributed by atoms with Crippen molar-refractivity contribution in [2.45, 2.75) is 33.4 Å². The van der Waals surface area contributed by atoms with Crippen LogP contribution in [0, 0.1) is 0 Å². The normalized spacial score (nSPS) is 10.8. The van der Waals surface area contributed by atoms with Gasteiger partial charge in [-0.1, -0.05) is 83.9 Å². The van der Waals surface area contributed by atoms with E-state index in [2.05, 4.69) is 4.98 Å². The lowest BCUT2D eigenvalue weighted by Crippen LogP contribution is -2.33. The van der Waals surface area contributed by atoms with Gasteiger partial charge in [-0.05, 0) is 61.4 Å². The van der Waals surface area contributed by atoms with Gasteiger partial charge in [-0.3, -0.25) is 14.6 Å². The van der Waals surface area contributed by atoms with Crippen molar-refractivity contribution in [2.24, 2.45) is 0 Å². The molecule has 0 aliphatic heterocycles. The summed E-state index contributed by atoms with van der Waals surface area (Å²) in [4.78, 5) is 33.5. The second kappa shape index (κ2) is 18.5. The first-order chi connectivity index (χ1) is 21.7. The fourth-order valence-electron chi connectivity index (χ4n) is 3.96. The van der Waals surface area contributed by atoms with E-state index in [0.717, 1.165) is 21.9 Å². The first-order valence-corrected chi connectivity index (χ1v) is 15.3. The van der Waals surface area contributed by atoms with Crippen molar-refractivity contribution in [2.75, 3.05) is 27.2 Å². The summed E-state index contributed by atoms with van der Waals surface area (Å²) in [5.74, 6) is 0.580. The predicted octanol–water partition coefficient (Wildman–Crippen LogP) is 7.82. The van der Waals surface area contributed by atoms with E-state index in [-0.39, 0.29) is 18.4 Å². The Morgan fingerprint density at radius 3 is 2.20 bits per heavy atom. The molecule has 7 nitrogen and oxygen atoms in total. The minimum absolute atomic E-state index is 0.139. The van der Waals surface area contributed by atoms with Gasteiger partial charge in [0.15, 0.2) is 18.1 Å². The molecule has 0 radical (unpaired) electrons. The molecule has 0 bridgehead atoms. The van der Waals surface area contributed by atoms with E-state index in [0.29, 0.717) is 48.2 Å². The van der Waals surface area contributed by atoms with E-state index in [1.165, 1.54) is 4.90 Å². The Labute approximate surface area is 276 Å². The van der Waals surface area contributed by atoms with Crippen molar-refractivity contribution in [3.8, 4) is 11.5 Å². The summed E-state index contributed by atoms with van der Waals surface area (Å²) in [6.45, 7) is 4.69. The largest absolute Gasteiger partial charge is 0.485 e. The minimum atomic E-state index is -0.184. The molecule has 0 aliphatic carbocycles. The molecule has 0 atom stereocenters. The van der Waals surface area contributed by atoms with Crippen molar-refractivity contribution < 1.29 is 19.1 Å². The Hall–Kier alpha value is -4.33. The van der Waals surface area contributed by atoms with Gasteiger partial charge in [0.2, 0.25) is 0 Å². The van der Waals surface area contributed by atoms with Crippen LogP contribution < -0.4 is 9.47 Å². The summed E-state index contributed by atoms with van der Waals surface area (Å²) in [7, 11) is 3.35. The van der Waals surface area contributed by atoms with E-state index in [4.69, 9.17) is 32.7 Å². The molecule has 4 aromatic rings. The molecular formula is C36H39Cl2N3O4. The number of likely N-dealkylation sites (N-methyl/N-ethyl adjacent to an activating group) is 1. The molecule has 1 heterocycles. The van der Waals surface area contributed by atoms with Crippen LogP contribution in [0.1, 0.15) is 41.0 Å². The number of amides is 2. The number of hydrogen-bond donors (Lipinski definition) is 0. The number of allylic oxidation sites excluding steroid dienone is 2. The fourth-order valence-corrected chi connectivity index (χ4v) is 4.18. The molecule has 0 saturated heterocycles. The topological polar surface area (TPSA) is 72.0 Å². The highest BCUT2D eigenvalue weighted by Crippen LogP contribution is 2.30. The van der Waals surface area contributed by atoms with E-state index < -0.39 is 0 Å². The maximum absolute atomic E-state index is 13.6. The van der Waals surface area contributed by atoms with Crippen LogP contribution in [0.2, 0.25) is 5.02 Å². The van der Waals surface area contributed by atoms with Crippen LogP contribution in [0.15, 0.2) is 108 Å². The Morgan fingerprint density at radius 1 is 0.867 bits per heavy atom. The number of pyridine rings is 1. The molecule has 0 spiro atoms. The molecule has 0 unspecified atom stereocenters. The van der Waals surface area contributed by atoms with Crippen LogP contribution in [0.25, 0.3) is 0 Å². The van der Waals surface area contributed by atoms with Gasteiger partial charge >= 0.3 is 0 Å². The highest BCUT2D eigenvalue weighted by Gasteiger charge is 2.20. The quantitative estimate of drug-likeness (QED) is 0.157. The number of carbonyl (C=O) groups is 2. The number of aromatic nitrogens is 1. The standard InChI is InChI=1S/C32H32ClN3O4.C4H7Cl/c1-35(2)31(37)23-40-30-20-25(15-16-29(30)39-22-24-10-4-3-5-11-24)21-36(19-17-26-12-8-9-18-34-26)32(38)27-13-6-7-14-28(27)33;1-3-4(2)5/h3-16,18,20H,17,19,21-23H2,1-2H3;3H,1-2H3/b;4-3+. The van der Waals surface area contributed by atoms with Gasteiger partial charge in [0, 0.05) is 50.5 Å². The molecule has 0 fully saturated rings. The summed E-state index contributed by atoms with van der Waals surface area (Å²) in [6.07, 6.45) is 4.17. The molecule has 45 heavy (non-hydrogen) atoms. The maximum atomic E-state index is 13.6. The van der Waals surface area contributed by atoms with E-state index >= 15 is 0 Å². The Bertz CT molecular complexity index is 1540. The van der Waals surface area contributed by atoms with Gasteiger partial charge in [-0.2, -0.15) is 0 Å². The predicted molar refractivity (Wildman–Crippen MR) is 181 cm³/mol. The number of halogens is 2. The number of ether oxygens (including phenoxy) is 2. The van der Waals surface area contributed by atoms with Crippen LogP contribution in [0.3, 0.4) is 0 Å². The van der Waals surface area contributed by atoms with Crippen molar-refractivity contribution in [1.82, 2.24) is 14.8 Å². The molecule has 0 aliphatic rings. The summed E-state index contributed by atoms with van der Waals surface area (Å²) in [5, 5.41) is 1.25. The molecule has 4 rings (SSSR count). The second-order valence-corrected chi connectivity index (χ2v) is 11.3. The molecule has 0 N–H and O–H groups in total. The molecule has 3 aromatic carbocycles. The van der Waals surface area contributed by atoms with Crippen LogP contribution in [-0.2, 0) is 24.4 Å². The highest BCUT2D eigenvalue weighted by molar-refractivity contribution is 6.33. The third kappa shape index (κ3) is 11.9. The van der Waals surface area contributed by atoms with Crippen LogP contribution >= 0.6 is 23.2 Å². The Morgan fingerprint density at radius 2 is 1.56 bits per heavy atom. The monoisotopic (exact) mass is 647 g/mol. The number of carbonyl (C=O) groups excluding carboxylic acids is 2. The summed E-state index contributed by atoms with van der Waals surface area (Å²) < 4.78 is 12.0. The first-order valence-electron chi connectivity index (χ1n) is 14.5. The number of benzene rings is 3. The molecule has 1 aromatic heterocycles. The number of hydrogen-bond acceptors (Lipinski definition) is 5. The van der Waals surface area contributed by atoms with Crippen LogP contribution in [0.5, 0.6) is 11.5 Å². The smallest absolute Gasteiger partial charge is 0.259 e. The first kappa shape index (κ1) is 35.2. The summed E-state index contributed by atoms with van der Waals surface area (Å²) in [6, 6.07) is 28.1. The number of rotatable bonds is 12. The third-order valence-corrected chi connectivity index (χ3v) is 7.17. The maximum Gasteiger partial charge on any atom is 0.259 e. The molecule has 0 saturated carbocycles. The van der Waals surface area contributed by atoms with Gasteiger partial charge in [0.1, 0.15) is 6.61 Å². The van der Waals surface area contributed by atoms with Gasteiger partial charge in [0.05, 0.1) is 10.6 Å². The molecule has 236 valence electrons. The second-order valence-electron chi connectivity index (χ2n) is 10.3. The average Bonchev–Trinajstić information content (AvgIpc) is 3.06. The Balaban J connectivity index is 0.00000102. The molecular weight excluding hydrogens is 609 g/mol. The van der Waals surface area contributed by atoms with E-state index in [1.54, 1.807) is 49.5 Å². The summed E-state index contributed by atoms with van der Waals surface area (Å²) in [5.41, 5.74) is 3.14. The van der Waals surface area contributed by atoms with Crippen LogP contribution in [-0.4, -0.2) is 53.8 Å². The van der Waals surface area contributed by atoms with Crippen LogP contribution in [0.4, 0.5) is 0 Å². The SMILES string of the molecule is C/C=C(\C)Cl.CN(C)C(=O)COc1cc(CN(CCc2ccccn2)C(=O)c2ccccc2Cl)ccc1OCc1ccccc1. The average molecular weight is 649 g/mol. The number of nitrogens with zero attached hydrogens (tertiary/aromatic N) is 3. The lowest BCUT2D eigenvalue weighted by molar-refractivity contribution is -0.130. The van der Waals surface area contributed by atoms with Crippen molar-refractivity contribution >= 4 is 35.0 Å². The van der Waals surface area contributed by atoms with Crippen molar-refractivity contribution in [1.29, 1.82) is 0 Å². The minimum Gasteiger partial charge on any atom is -0.485 e. The van der Waals surface area contributed by atoms with Gasteiger partial charge in [0.25, 0.3) is 11.8 Å². The van der Waals surface area contributed by atoms with Gasteiger partial charge < -0.3 is 19.3 Å². The lowest BCUT2D eigenvalue weighted by atomic mass is 10.1. The Kier molecular flexibility index (Phi) is 14.4. The molecule has 9 heteroatoms. The third-order valence-electron chi connectivity index (χ3n) is 6.62. The summed E-state index contributed by atoms with van der Waals surface area (Å²) >= 11 is 11.7. The van der Waals surface area contributed by atoms with Gasteiger partial charge in [-0.25, -0.2) is 0 Å². The lowest BCUT2D eigenvalue weighted by Gasteiger charge is -2.24. The van der Waals surface area contributed by atoms with Crippen molar-refractivity contribution in [3.05, 3.63) is 136 Å². The van der Waals surface area contributed by atoms with Gasteiger partial charge in [-0.15, -0.1) is 0 Å².